The highest BCUT2D eigenvalue weighted by molar-refractivity contribution is 6.00. The van der Waals surface area contributed by atoms with Crippen LogP contribution in [0.4, 0.5) is 0 Å². The minimum atomic E-state index is 0.263. The molecule has 3 rings (SSSR count). The third kappa shape index (κ3) is 3.38. The SMILES string of the molecule is CC(C)C1CCN(CCC(=O)c2ccc3ccccc3c2)C1. The standard InChI is InChI=1S/C20H25NO/c1-15(2)19-9-11-21(14-19)12-10-20(22)18-8-7-16-5-3-4-6-17(16)13-18/h3-8,13,15,19H,9-12,14H2,1-2H3. The molecule has 1 saturated heterocycles. The van der Waals surface area contributed by atoms with Gasteiger partial charge in [0, 0.05) is 25.1 Å². The van der Waals surface area contributed by atoms with Crippen LogP contribution in [0.1, 0.15) is 37.0 Å². The van der Waals surface area contributed by atoms with E-state index in [4.69, 9.17) is 0 Å². The molecule has 0 amide bonds. The summed E-state index contributed by atoms with van der Waals surface area (Å²) in [6.07, 6.45) is 1.91. The number of benzene rings is 2. The number of nitrogens with zero attached hydrogens (tertiary/aromatic N) is 1. The lowest BCUT2D eigenvalue weighted by molar-refractivity contribution is 0.0968. The summed E-state index contributed by atoms with van der Waals surface area (Å²) in [5.41, 5.74) is 0.846. The van der Waals surface area contributed by atoms with Crippen LogP contribution in [0.3, 0.4) is 0 Å². The Balaban J connectivity index is 1.59. The fourth-order valence-corrected chi connectivity index (χ4v) is 3.38. The Morgan fingerprint density at radius 1 is 1.18 bits per heavy atom. The van der Waals surface area contributed by atoms with Gasteiger partial charge in [-0.25, -0.2) is 0 Å². The van der Waals surface area contributed by atoms with E-state index in [1.54, 1.807) is 0 Å². The van der Waals surface area contributed by atoms with Crippen molar-refractivity contribution in [1.82, 2.24) is 4.90 Å². The van der Waals surface area contributed by atoms with E-state index in [1.165, 1.54) is 11.8 Å². The Labute approximate surface area is 133 Å². The van der Waals surface area contributed by atoms with Crippen molar-refractivity contribution in [3.05, 3.63) is 48.0 Å². The molecular formula is C20H25NO. The van der Waals surface area contributed by atoms with Crippen LogP contribution in [-0.2, 0) is 0 Å². The first-order chi connectivity index (χ1) is 10.6. The first-order valence-corrected chi connectivity index (χ1v) is 8.38. The summed E-state index contributed by atoms with van der Waals surface area (Å²) < 4.78 is 0. The Kier molecular flexibility index (Phi) is 4.58. The molecule has 0 saturated carbocycles. The molecule has 1 unspecified atom stereocenters. The van der Waals surface area contributed by atoms with E-state index in [-0.39, 0.29) is 5.78 Å². The number of hydrogen-bond acceptors (Lipinski definition) is 2. The lowest BCUT2D eigenvalue weighted by Crippen LogP contribution is -2.24. The van der Waals surface area contributed by atoms with Gasteiger partial charge in [0.05, 0.1) is 0 Å². The Bertz CT molecular complexity index is 662. The van der Waals surface area contributed by atoms with Gasteiger partial charge in [-0.3, -0.25) is 4.79 Å². The Hall–Kier alpha value is -1.67. The van der Waals surface area contributed by atoms with Crippen LogP contribution < -0.4 is 0 Å². The Morgan fingerprint density at radius 2 is 1.95 bits per heavy atom. The van der Waals surface area contributed by atoms with E-state index < -0.39 is 0 Å². The quantitative estimate of drug-likeness (QED) is 0.762. The molecule has 2 nitrogen and oxygen atoms in total. The highest BCUT2D eigenvalue weighted by atomic mass is 16.1. The summed E-state index contributed by atoms with van der Waals surface area (Å²) in [5, 5.41) is 2.34. The highest BCUT2D eigenvalue weighted by Crippen LogP contribution is 2.24. The van der Waals surface area contributed by atoms with Crippen molar-refractivity contribution >= 4 is 16.6 Å². The minimum absolute atomic E-state index is 0.263. The Morgan fingerprint density at radius 3 is 2.68 bits per heavy atom. The molecule has 0 radical (unpaired) electrons. The van der Waals surface area contributed by atoms with E-state index in [1.807, 2.05) is 30.3 Å². The van der Waals surface area contributed by atoms with Gasteiger partial charge in [0.25, 0.3) is 0 Å². The summed E-state index contributed by atoms with van der Waals surface area (Å²) in [6, 6.07) is 14.2. The maximum absolute atomic E-state index is 12.4. The molecule has 2 heteroatoms. The first kappa shape index (κ1) is 15.2. The van der Waals surface area contributed by atoms with Crippen LogP contribution in [0.2, 0.25) is 0 Å². The third-order valence-electron chi connectivity index (χ3n) is 4.98. The van der Waals surface area contributed by atoms with Gasteiger partial charge >= 0.3 is 0 Å². The molecule has 1 aliphatic rings. The molecule has 1 heterocycles. The number of likely N-dealkylation sites (tertiary alicyclic amines) is 1. The molecule has 1 fully saturated rings. The van der Waals surface area contributed by atoms with Crippen molar-refractivity contribution in [3.8, 4) is 0 Å². The predicted molar refractivity (Wildman–Crippen MR) is 92.3 cm³/mol. The number of carbonyl (C=O) groups is 1. The number of Topliss-reactive ketones (excluding diaryl/α,β-unsaturated/α-hetero) is 1. The van der Waals surface area contributed by atoms with Crippen LogP contribution in [-0.4, -0.2) is 30.3 Å². The second-order valence-corrected chi connectivity index (χ2v) is 6.83. The maximum atomic E-state index is 12.4. The van der Waals surface area contributed by atoms with Crippen molar-refractivity contribution in [2.75, 3.05) is 19.6 Å². The van der Waals surface area contributed by atoms with Gasteiger partial charge in [0.1, 0.15) is 0 Å². The number of carbonyl (C=O) groups excluding carboxylic acids is 1. The summed E-state index contributed by atoms with van der Waals surface area (Å²) in [5.74, 6) is 1.82. The van der Waals surface area contributed by atoms with Crippen molar-refractivity contribution in [3.63, 3.8) is 0 Å². The number of hydrogen-bond donors (Lipinski definition) is 0. The van der Waals surface area contributed by atoms with Gasteiger partial charge in [-0.2, -0.15) is 0 Å². The van der Waals surface area contributed by atoms with Crippen LogP contribution >= 0.6 is 0 Å². The van der Waals surface area contributed by atoms with Gasteiger partial charge in [-0.05, 0) is 41.6 Å². The fraction of sp³-hybridized carbons (Fsp3) is 0.450. The number of ketones is 1. The summed E-state index contributed by atoms with van der Waals surface area (Å²) in [7, 11) is 0. The molecular weight excluding hydrogens is 270 g/mol. The predicted octanol–water partition coefficient (Wildman–Crippen LogP) is 4.39. The molecule has 0 aromatic heterocycles. The average molecular weight is 295 g/mol. The first-order valence-electron chi connectivity index (χ1n) is 8.38. The molecule has 22 heavy (non-hydrogen) atoms. The lowest BCUT2D eigenvalue weighted by Gasteiger charge is -2.17. The maximum Gasteiger partial charge on any atom is 0.164 e. The third-order valence-corrected chi connectivity index (χ3v) is 4.98. The monoisotopic (exact) mass is 295 g/mol. The van der Waals surface area contributed by atoms with Crippen LogP contribution in [0.15, 0.2) is 42.5 Å². The molecule has 2 aromatic carbocycles. The molecule has 1 aliphatic heterocycles. The summed E-state index contributed by atoms with van der Waals surface area (Å²) in [6.45, 7) is 7.80. The molecule has 1 atom stereocenters. The van der Waals surface area contributed by atoms with E-state index in [9.17, 15) is 4.79 Å². The summed E-state index contributed by atoms with van der Waals surface area (Å²) >= 11 is 0. The zero-order chi connectivity index (χ0) is 15.5. The van der Waals surface area contributed by atoms with E-state index in [0.29, 0.717) is 6.42 Å². The second-order valence-electron chi connectivity index (χ2n) is 6.83. The van der Waals surface area contributed by atoms with Crippen molar-refractivity contribution in [2.24, 2.45) is 11.8 Å². The molecule has 2 aromatic rings. The van der Waals surface area contributed by atoms with Gasteiger partial charge < -0.3 is 4.90 Å². The fourth-order valence-electron chi connectivity index (χ4n) is 3.38. The normalized spacial score (nSPS) is 19.1. The number of rotatable bonds is 5. The largest absolute Gasteiger partial charge is 0.303 e. The van der Waals surface area contributed by atoms with Crippen molar-refractivity contribution < 1.29 is 4.79 Å². The second kappa shape index (κ2) is 6.62. The van der Waals surface area contributed by atoms with Crippen molar-refractivity contribution in [2.45, 2.75) is 26.7 Å². The van der Waals surface area contributed by atoms with E-state index in [0.717, 1.165) is 42.4 Å². The minimum Gasteiger partial charge on any atom is -0.303 e. The smallest absolute Gasteiger partial charge is 0.164 e. The molecule has 116 valence electrons. The van der Waals surface area contributed by atoms with E-state index in [2.05, 4.69) is 30.9 Å². The summed E-state index contributed by atoms with van der Waals surface area (Å²) in [4.78, 5) is 14.9. The van der Waals surface area contributed by atoms with Gasteiger partial charge in [-0.15, -0.1) is 0 Å². The van der Waals surface area contributed by atoms with E-state index >= 15 is 0 Å². The topological polar surface area (TPSA) is 20.3 Å². The van der Waals surface area contributed by atoms with Gasteiger partial charge in [-0.1, -0.05) is 50.2 Å². The average Bonchev–Trinajstić information content (AvgIpc) is 3.01. The lowest BCUT2D eigenvalue weighted by atomic mass is 9.95. The molecule has 0 aliphatic carbocycles. The van der Waals surface area contributed by atoms with Crippen LogP contribution in [0.5, 0.6) is 0 Å². The molecule has 0 bridgehead atoms. The van der Waals surface area contributed by atoms with Gasteiger partial charge in [0.15, 0.2) is 5.78 Å². The van der Waals surface area contributed by atoms with Gasteiger partial charge in [0.2, 0.25) is 0 Å². The zero-order valence-electron chi connectivity index (χ0n) is 13.6. The molecule has 0 N–H and O–H groups in total. The van der Waals surface area contributed by atoms with Crippen LogP contribution in [0, 0.1) is 11.8 Å². The molecule has 0 spiro atoms. The number of fused-ring (bicyclic) bond motifs is 1. The highest BCUT2D eigenvalue weighted by Gasteiger charge is 2.24. The van der Waals surface area contributed by atoms with Crippen molar-refractivity contribution in [1.29, 1.82) is 0 Å². The van der Waals surface area contributed by atoms with Crippen LogP contribution in [0.25, 0.3) is 10.8 Å². The zero-order valence-corrected chi connectivity index (χ0v) is 13.6.